The number of fused-ring (bicyclic) bond motifs is 1. The van der Waals surface area contributed by atoms with Gasteiger partial charge in [-0.3, -0.25) is 10.1 Å². The van der Waals surface area contributed by atoms with Gasteiger partial charge in [-0.15, -0.1) is 11.3 Å². The fourth-order valence-corrected chi connectivity index (χ4v) is 2.95. The lowest BCUT2D eigenvalue weighted by Gasteiger charge is -2.03. The molecule has 3 heterocycles. The van der Waals surface area contributed by atoms with Crippen molar-refractivity contribution in [3.8, 4) is 11.3 Å². The van der Waals surface area contributed by atoms with E-state index in [1.807, 2.05) is 0 Å². The van der Waals surface area contributed by atoms with Crippen molar-refractivity contribution in [2.45, 2.75) is 0 Å². The quantitative estimate of drug-likeness (QED) is 0.617. The van der Waals surface area contributed by atoms with Gasteiger partial charge in [-0.25, -0.2) is 14.4 Å². The Morgan fingerprint density at radius 1 is 1.25 bits per heavy atom. The van der Waals surface area contributed by atoms with Crippen LogP contribution in [0.25, 0.3) is 16.9 Å². The molecule has 0 atom stereocenters. The van der Waals surface area contributed by atoms with Crippen LogP contribution < -0.4 is 5.32 Å². The van der Waals surface area contributed by atoms with Crippen LogP contribution in [0, 0.1) is 5.82 Å². The van der Waals surface area contributed by atoms with E-state index in [0.29, 0.717) is 27.6 Å². The summed E-state index contributed by atoms with van der Waals surface area (Å²) in [6.07, 6.45) is 5.19. The number of carbonyl (C=O) groups excluding carboxylic acids is 1. The van der Waals surface area contributed by atoms with Gasteiger partial charge in [0.15, 0.2) is 5.13 Å². The predicted molar refractivity (Wildman–Crippen MR) is 90.7 cm³/mol. The van der Waals surface area contributed by atoms with Gasteiger partial charge in [-0.1, -0.05) is 12.1 Å². The number of hydrogen-bond acceptors (Lipinski definition) is 4. The maximum absolute atomic E-state index is 13.4. The van der Waals surface area contributed by atoms with Crippen LogP contribution in [0.5, 0.6) is 0 Å². The maximum atomic E-state index is 13.4. The third kappa shape index (κ3) is 2.65. The number of carbonyl (C=O) groups is 1. The summed E-state index contributed by atoms with van der Waals surface area (Å²) in [7, 11) is 0. The first kappa shape index (κ1) is 14.5. The summed E-state index contributed by atoms with van der Waals surface area (Å²) < 4.78 is 15.2. The van der Waals surface area contributed by atoms with Crippen LogP contribution in [0.3, 0.4) is 0 Å². The Hall–Kier alpha value is -3.06. The second kappa shape index (κ2) is 5.86. The molecular formula is C17H11FN4OS. The van der Waals surface area contributed by atoms with Crippen molar-refractivity contribution in [3.05, 3.63) is 71.7 Å². The summed E-state index contributed by atoms with van der Waals surface area (Å²) in [5.41, 5.74) is 2.19. The number of thiazole rings is 1. The molecule has 1 aromatic carbocycles. The van der Waals surface area contributed by atoms with Crippen molar-refractivity contribution in [3.63, 3.8) is 0 Å². The molecule has 1 amide bonds. The lowest BCUT2D eigenvalue weighted by Crippen LogP contribution is -2.13. The van der Waals surface area contributed by atoms with E-state index in [2.05, 4.69) is 15.3 Å². The van der Waals surface area contributed by atoms with E-state index in [4.69, 9.17) is 0 Å². The molecule has 0 unspecified atom stereocenters. The van der Waals surface area contributed by atoms with Crippen molar-refractivity contribution in [2.24, 2.45) is 0 Å². The molecule has 0 aliphatic rings. The topological polar surface area (TPSA) is 59.3 Å². The van der Waals surface area contributed by atoms with Gasteiger partial charge in [0.25, 0.3) is 5.91 Å². The number of pyridine rings is 1. The molecule has 24 heavy (non-hydrogen) atoms. The molecule has 3 aromatic heterocycles. The third-order valence-corrected chi connectivity index (χ3v) is 4.19. The summed E-state index contributed by atoms with van der Waals surface area (Å²) >= 11 is 1.34. The van der Waals surface area contributed by atoms with Gasteiger partial charge in [0.05, 0.1) is 11.3 Å². The Kier molecular flexibility index (Phi) is 3.55. The van der Waals surface area contributed by atoms with Gasteiger partial charge in [0.1, 0.15) is 11.5 Å². The Bertz CT molecular complexity index is 1030. The fourth-order valence-electron chi connectivity index (χ4n) is 2.43. The van der Waals surface area contributed by atoms with E-state index < -0.39 is 0 Å². The standard InChI is InChI=1S/C17H11FN4OS/c18-12-4-1-3-11(9-12)14-10-22-7-2-5-13(15(22)20-14)16(23)21-17-19-6-8-24-17/h1-10H,(H,19,21,23). The van der Waals surface area contributed by atoms with Crippen molar-refractivity contribution in [1.82, 2.24) is 14.4 Å². The Balaban J connectivity index is 1.76. The second-order valence-electron chi connectivity index (χ2n) is 5.08. The number of hydrogen-bond donors (Lipinski definition) is 1. The minimum absolute atomic E-state index is 0.285. The zero-order valence-electron chi connectivity index (χ0n) is 12.3. The first-order valence-electron chi connectivity index (χ1n) is 7.15. The van der Waals surface area contributed by atoms with Crippen molar-refractivity contribution < 1.29 is 9.18 Å². The summed E-state index contributed by atoms with van der Waals surface area (Å²) in [6, 6.07) is 9.66. The lowest BCUT2D eigenvalue weighted by molar-refractivity contribution is 0.102. The van der Waals surface area contributed by atoms with Crippen LogP contribution >= 0.6 is 11.3 Å². The molecule has 4 rings (SSSR count). The number of benzene rings is 1. The highest BCUT2D eigenvalue weighted by atomic mass is 32.1. The summed E-state index contributed by atoms with van der Waals surface area (Å²) in [6.45, 7) is 0. The minimum Gasteiger partial charge on any atom is -0.306 e. The third-order valence-electron chi connectivity index (χ3n) is 3.50. The number of amides is 1. The number of halogens is 1. The molecule has 118 valence electrons. The van der Waals surface area contributed by atoms with Gasteiger partial charge in [0, 0.05) is 29.5 Å². The van der Waals surface area contributed by atoms with E-state index in [1.165, 1.54) is 23.5 Å². The normalized spacial score (nSPS) is 10.9. The molecule has 0 fully saturated rings. The van der Waals surface area contributed by atoms with E-state index in [9.17, 15) is 9.18 Å². The van der Waals surface area contributed by atoms with Crippen LogP contribution in [-0.4, -0.2) is 20.3 Å². The number of nitrogens with one attached hydrogen (secondary N) is 1. The summed E-state index contributed by atoms with van der Waals surface area (Å²) in [4.78, 5) is 21.0. The van der Waals surface area contributed by atoms with E-state index in [-0.39, 0.29) is 11.7 Å². The van der Waals surface area contributed by atoms with E-state index in [0.717, 1.165) is 0 Å². The molecule has 4 aromatic rings. The zero-order chi connectivity index (χ0) is 16.5. The van der Waals surface area contributed by atoms with Crippen molar-refractivity contribution in [1.29, 1.82) is 0 Å². The molecule has 5 nitrogen and oxygen atoms in total. The first-order chi connectivity index (χ1) is 11.7. The van der Waals surface area contributed by atoms with Gasteiger partial charge in [-0.05, 0) is 24.3 Å². The molecule has 0 saturated heterocycles. The Labute approximate surface area is 140 Å². The van der Waals surface area contributed by atoms with E-state index in [1.54, 1.807) is 52.6 Å². The largest absolute Gasteiger partial charge is 0.306 e. The number of nitrogens with zero attached hydrogens (tertiary/aromatic N) is 3. The smallest absolute Gasteiger partial charge is 0.261 e. The molecule has 0 bridgehead atoms. The fraction of sp³-hybridized carbons (Fsp3) is 0. The average molecular weight is 338 g/mol. The van der Waals surface area contributed by atoms with Gasteiger partial charge >= 0.3 is 0 Å². The number of anilines is 1. The molecule has 0 spiro atoms. The minimum atomic E-state index is -0.328. The maximum Gasteiger partial charge on any atom is 0.261 e. The summed E-state index contributed by atoms with van der Waals surface area (Å²) in [5, 5.41) is 5.06. The number of rotatable bonds is 3. The monoisotopic (exact) mass is 338 g/mol. The SMILES string of the molecule is O=C(Nc1nccs1)c1cccn2cc(-c3cccc(F)c3)nc12. The first-order valence-corrected chi connectivity index (χ1v) is 8.03. The Morgan fingerprint density at radius 3 is 2.96 bits per heavy atom. The molecular weight excluding hydrogens is 327 g/mol. The average Bonchev–Trinajstić information content (AvgIpc) is 3.23. The van der Waals surface area contributed by atoms with Crippen LogP contribution in [-0.2, 0) is 0 Å². The highest BCUT2D eigenvalue weighted by Crippen LogP contribution is 2.22. The highest BCUT2D eigenvalue weighted by molar-refractivity contribution is 7.13. The molecule has 0 radical (unpaired) electrons. The highest BCUT2D eigenvalue weighted by Gasteiger charge is 2.15. The van der Waals surface area contributed by atoms with Crippen LogP contribution in [0.2, 0.25) is 0 Å². The molecule has 1 N–H and O–H groups in total. The van der Waals surface area contributed by atoms with Crippen LogP contribution in [0.1, 0.15) is 10.4 Å². The Morgan fingerprint density at radius 2 is 2.17 bits per heavy atom. The van der Waals surface area contributed by atoms with Gasteiger partial charge in [-0.2, -0.15) is 0 Å². The van der Waals surface area contributed by atoms with E-state index >= 15 is 0 Å². The number of aromatic nitrogens is 3. The summed E-state index contributed by atoms with van der Waals surface area (Å²) in [5.74, 6) is -0.613. The zero-order valence-corrected chi connectivity index (χ0v) is 13.1. The van der Waals surface area contributed by atoms with Crippen molar-refractivity contribution in [2.75, 3.05) is 5.32 Å². The van der Waals surface area contributed by atoms with Gasteiger partial charge < -0.3 is 4.40 Å². The molecule has 0 aliphatic heterocycles. The second-order valence-corrected chi connectivity index (χ2v) is 5.98. The van der Waals surface area contributed by atoms with Gasteiger partial charge in [0.2, 0.25) is 0 Å². The van der Waals surface area contributed by atoms with Crippen LogP contribution in [0.4, 0.5) is 9.52 Å². The predicted octanol–water partition coefficient (Wildman–Crippen LogP) is 3.85. The molecule has 0 saturated carbocycles. The molecule has 7 heteroatoms. The van der Waals surface area contributed by atoms with Crippen molar-refractivity contribution >= 4 is 28.0 Å². The lowest BCUT2D eigenvalue weighted by atomic mass is 10.2. The number of imidazole rings is 1. The molecule has 0 aliphatic carbocycles. The van der Waals surface area contributed by atoms with Crippen LogP contribution in [0.15, 0.2) is 60.4 Å².